The first-order valence-electron chi connectivity index (χ1n) is 6.67. The van der Waals surface area contributed by atoms with Crippen LogP contribution < -0.4 is 11.1 Å². The predicted octanol–water partition coefficient (Wildman–Crippen LogP) is 3.01. The second-order valence-corrected chi connectivity index (χ2v) is 5.15. The minimum Gasteiger partial charge on any atom is -0.399 e. The lowest BCUT2D eigenvalue weighted by molar-refractivity contribution is 0.102. The largest absolute Gasteiger partial charge is 0.399 e. The van der Waals surface area contributed by atoms with Crippen molar-refractivity contribution in [3.63, 3.8) is 0 Å². The summed E-state index contributed by atoms with van der Waals surface area (Å²) in [6, 6.07) is 11.2. The highest BCUT2D eigenvalue weighted by Gasteiger charge is 2.15. The molecule has 0 radical (unpaired) electrons. The number of hydrogen-bond acceptors (Lipinski definition) is 3. The first-order valence-corrected chi connectivity index (χ1v) is 6.67. The minimum atomic E-state index is -0.251. The normalized spacial score (nSPS) is 10.8. The molecule has 1 amide bonds. The third-order valence-corrected chi connectivity index (χ3v) is 3.43. The van der Waals surface area contributed by atoms with Crippen molar-refractivity contribution in [2.75, 3.05) is 11.1 Å². The number of nitrogen functional groups attached to an aromatic ring is 1. The number of anilines is 2. The Hall–Kier alpha value is -2.82. The highest BCUT2D eigenvalue weighted by Crippen LogP contribution is 2.21. The van der Waals surface area contributed by atoms with Gasteiger partial charge < -0.3 is 11.1 Å². The molecule has 0 bridgehead atoms. The SMILES string of the molecule is Cc1ccc(NC(=O)c2n[nH]c3ccc(N)cc23)c(C)c1. The van der Waals surface area contributed by atoms with Crippen molar-refractivity contribution in [2.24, 2.45) is 0 Å². The van der Waals surface area contributed by atoms with Crippen LogP contribution in [0.25, 0.3) is 10.9 Å². The number of carbonyl (C=O) groups excluding carboxylic acids is 1. The van der Waals surface area contributed by atoms with Crippen LogP contribution in [0.3, 0.4) is 0 Å². The summed E-state index contributed by atoms with van der Waals surface area (Å²) in [5.41, 5.74) is 10.5. The molecule has 0 saturated carbocycles. The van der Waals surface area contributed by atoms with Gasteiger partial charge in [-0.1, -0.05) is 17.7 Å². The van der Waals surface area contributed by atoms with Gasteiger partial charge in [-0.25, -0.2) is 0 Å². The van der Waals surface area contributed by atoms with E-state index in [4.69, 9.17) is 5.73 Å². The lowest BCUT2D eigenvalue weighted by Gasteiger charge is -2.08. The molecule has 5 nitrogen and oxygen atoms in total. The van der Waals surface area contributed by atoms with Gasteiger partial charge in [-0.15, -0.1) is 0 Å². The molecule has 4 N–H and O–H groups in total. The van der Waals surface area contributed by atoms with Gasteiger partial charge in [0.15, 0.2) is 5.69 Å². The zero-order chi connectivity index (χ0) is 15.0. The van der Waals surface area contributed by atoms with Crippen LogP contribution in [0, 0.1) is 13.8 Å². The maximum atomic E-state index is 12.4. The summed E-state index contributed by atoms with van der Waals surface area (Å²) in [5, 5.41) is 10.5. The van der Waals surface area contributed by atoms with E-state index < -0.39 is 0 Å². The number of amides is 1. The molecule has 0 spiro atoms. The molecular formula is C16H16N4O. The van der Waals surface area contributed by atoms with Crippen molar-refractivity contribution in [1.29, 1.82) is 0 Å². The maximum Gasteiger partial charge on any atom is 0.276 e. The standard InChI is InChI=1S/C16H16N4O/c1-9-3-5-13(10(2)7-9)18-16(21)15-12-8-11(17)4-6-14(12)19-20-15/h3-8H,17H2,1-2H3,(H,18,21)(H,19,20). The Bertz CT molecular complexity index is 835. The highest BCUT2D eigenvalue weighted by atomic mass is 16.1. The Kier molecular flexibility index (Phi) is 3.10. The average molecular weight is 280 g/mol. The molecule has 106 valence electrons. The molecule has 21 heavy (non-hydrogen) atoms. The van der Waals surface area contributed by atoms with Crippen LogP contribution in [0.1, 0.15) is 21.6 Å². The third-order valence-electron chi connectivity index (χ3n) is 3.43. The number of fused-ring (bicyclic) bond motifs is 1. The van der Waals surface area contributed by atoms with Crippen LogP contribution in [0.15, 0.2) is 36.4 Å². The summed E-state index contributed by atoms with van der Waals surface area (Å²) >= 11 is 0. The summed E-state index contributed by atoms with van der Waals surface area (Å²) in [6.07, 6.45) is 0. The fraction of sp³-hybridized carbons (Fsp3) is 0.125. The molecule has 0 fully saturated rings. The molecule has 0 unspecified atom stereocenters. The monoisotopic (exact) mass is 280 g/mol. The van der Waals surface area contributed by atoms with E-state index in [1.165, 1.54) is 0 Å². The molecule has 0 saturated heterocycles. The summed E-state index contributed by atoms with van der Waals surface area (Å²) < 4.78 is 0. The van der Waals surface area contributed by atoms with E-state index in [0.29, 0.717) is 11.4 Å². The van der Waals surface area contributed by atoms with E-state index in [-0.39, 0.29) is 5.91 Å². The minimum absolute atomic E-state index is 0.251. The van der Waals surface area contributed by atoms with Crippen molar-refractivity contribution < 1.29 is 4.79 Å². The maximum absolute atomic E-state index is 12.4. The van der Waals surface area contributed by atoms with E-state index in [2.05, 4.69) is 15.5 Å². The van der Waals surface area contributed by atoms with Crippen molar-refractivity contribution >= 4 is 28.2 Å². The van der Waals surface area contributed by atoms with E-state index in [1.807, 2.05) is 38.1 Å². The Morgan fingerprint density at radius 1 is 1.19 bits per heavy atom. The highest BCUT2D eigenvalue weighted by molar-refractivity contribution is 6.11. The molecule has 2 aromatic carbocycles. The lowest BCUT2D eigenvalue weighted by atomic mass is 10.1. The predicted molar refractivity (Wildman–Crippen MR) is 84.4 cm³/mol. The quantitative estimate of drug-likeness (QED) is 0.631. The number of H-pyrrole nitrogens is 1. The molecule has 0 aliphatic carbocycles. The number of hydrogen-bond donors (Lipinski definition) is 3. The molecule has 0 aliphatic rings. The lowest BCUT2D eigenvalue weighted by Crippen LogP contribution is -2.13. The van der Waals surface area contributed by atoms with E-state index >= 15 is 0 Å². The van der Waals surface area contributed by atoms with Gasteiger partial charge in [-0.2, -0.15) is 5.10 Å². The third kappa shape index (κ3) is 2.45. The number of aryl methyl sites for hydroxylation is 2. The Morgan fingerprint density at radius 2 is 2.00 bits per heavy atom. The Balaban J connectivity index is 1.95. The number of rotatable bonds is 2. The molecule has 0 atom stereocenters. The van der Waals surface area contributed by atoms with E-state index in [9.17, 15) is 4.79 Å². The average Bonchev–Trinajstić information content (AvgIpc) is 2.85. The van der Waals surface area contributed by atoms with Gasteiger partial charge in [0.2, 0.25) is 0 Å². The van der Waals surface area contributed by atoms with Crippen molar-refractivity contribution in [1.82, 2.24) is 10.2 Å². The van der Waals surface area contributed by atoms with Crippen molar-refractivity contribution in [2.45, 2.75) is 13.8 Å². The molecule has 3 rings (SSSR count). The van der Waals surface area contributed by atoms with Gasteiger partial charge in [0.05, 0.1) is 5.52 Å². The number of nitrogens with one attached hydrogen (secondary N) is 2. The number of aromatic nitrogens is 2. The summed E-state index contributed by atoms with van der Waals surface area (Å²) in [4.78, 5) is 12.4. The van der Waals surface area contributed by atoms with Crippen LogP contribution in [0.2, 0.25) is 0 Å². The second kappa shape index (κ2) is 4.94. The number of benzene rings is 2. The van der Waals surface area contributed by atoms with Gasteiger partial charge in [0.25, 0.3) is 5.91 Å². The van der Waals surface area contributed by atoms with Crippen LogP contribution in [-0.4, -0.2) is 16.1 Å². The van der Waals surface area contributed by atoms with Gasteiger partial charge >= 0.3 is 0 Å². The van der Waals surface area contributed by atoms with Crippen molar-refractivity contribution in [3.8, 4) is 0 Å². The summed E-state index contributed by atoms with van der Waals surface area (Å²) in [5.74, 6) is -0.251. The summed E-state index contributed by atoms with van der Waals surface area (Å²) in [7, 11) is 0. The summed E-state index contributed by atoms with van der Waals surface area (Å²) in [6.45, 7) is 3.98. The number of nitrogens with zero attached hydrogens (tertiary/aromatic N) is 1. The first-order chi connectivity index (χ1) is 10.0. The van der Waals surface area contributed by atoms with Crippen molar-refractivity contribution in [3.05, 3.63) is 53.2 Å². The van der Waals surface area contributed by atoms with Gasteiger partial charge in [0.1, 0.15) is 0 Å². The number of carbonyl (C=O) groups is 1. The van der Waals surface area contributed by atoms with Crippen LogP contribution >= 0.6 is 0 Å². The van der Waals surface area contributed by atoms with Gasteiger partial charge in [-0.05, 0) is 43.7 Å². The zero-order valence-corrected chi connectivity index (χ0v) is 11.9. The molecule has 3 aromatic rings. The first kappa shape index (κ1) is 13.2. The van der Waals surface area contributed by atoms with E-state index in [0.717, 1.165) is 27.7 Å². The second-order valence-electron chi connectivity index (χ2n) is 5.15. The molecule has 5 heteroatoms. The van der Waals surface area contributed by atoms with E-state index in [1.54, 1.807) is 12.1 Å². The number of nitrogens with two attached hydrogens (primary N) is 1. The Morgan fingerprint density at radius 3 is 2.76 bits per heavy atom. The molecule has 1 aromatic heterocycles. The molecular weight excluding hydrogens is 264 g/mol. The molecule has 0 aliphatic heterocycles. The molecule has 1 heterocycles. The smallest absolute Gasteiger partial charge is 0.276 e. The fourth-order valence-corrected chi connectivity index (χ4v) is 2.34. The topological polar surface area (TPSA) is 83.8 Å². The van der Waals surface area contributed by atoms with Gasteiger partial charge in [-0.3, -0.25) is 9.89 Å². The fourth-order valence-electron chi connectivity index (χ4n) is 2.34. The zero-order valence-electron chi connectivity index (χ0n) is 11.9. The van der Waals surface area contributed by atoms with Gasteiger partial charge in [0, 0.05) is 16.8 Å². The van der Waals surface area contributed by atoms with Crippen LogP contribution in [0.4, 0.5) is 11.4 Å². The van der Waals surface area contributed by atoms with Crippen LogP contribution in [-0.2, 0) is 0 Å². The van der Waals surface area contributed by atoms with Crippen LogP contribution in [0.5, 0.6) is 0 Å². The Labute approximate surface area is 122 Å². The number of aromatic amines is 1.